The summed E-state index contributed by atoms with van der Waals surface area (Å²) in [6.07, 6.45) is 0. The number of carboxylic acid groups (broad SMARTS) is 4. The normalized spacial score (nSPS) is 10.0. The van der Waals surface area contributed by atoms with Crippen molar-refractivity contribution in [2.45, 2.75) is 0 Å². The van der Waals surface area contributed by atoms with Gasteiger partial charge in [0, 0.05) is 0 Å². The summed E-state index contributed by atoms with van der Waals surface area (Å²) in [5.74, 6) is -4.43. The third kappa shape index (κ3) is 6.00. The molecule has 0 aromatic heterocycles. The second-order valence-corrected chi connectivity index (χ2v) is 7.47. The van der Waals surface area contributed by atoms with Gasteiger partial charge in [-0.25, -0.2) is 19.2 Å². The van der Waals surface area contributed by atoms with Crippen LogP contribution in [0.15, 0.2) is 97.1 Å². The van der Waals surface area contributed by atoms with Crippen molar-refractivity contribution in [1.82, 2.24) is 0 Å². The average Bonchev–Trinajstić information content (AvgIpc) is 2.89. The summed E-state index contributed by atoms with van der Waals surface area (Å²) in [7, 11) is 0. The van der Waals surface area contributed by atoms with Gasteiger partial charge in [0.1, 0.15) is 0 Å². The topological polar surface area (TPSA) is 149 Å². The van der Waals surface area contributed by atoms with Gasteiger partial charge in [0.25, 0.3) is 0 Å². The Bertz CT molecular complexity index is 1350. The van der Waals surface area contributed by atoms with Gasteiger partial charge in [-0.1, -0.05) is 66.7 Å². The lowest BCUT2D eigenvalue weighted by atomic mass is 9.95. The second-order valence-electron chi connectivity index (χ2n) is 7.47. The zero-order valence-corrected chi connectivity index (χ0v) is 18.7. The number of hydrogen-bond donors (Lipinski definition) is 4. The van der Waals surface area contributed by atoms with Crippen LogP contribution in [0.25, 0.3) is 22.3 Å². The predicted octanol–water partition coefficient (Wildman–Crippen LogP) is 5.50. The minimum atomic E-state index is -1.25. The molecule has 0 aliphatic carbocycles. The molecule has 4 rings (SSSR count). The van der Waals surface area contributed by atoms with Crippen LogP contribution >= 0.6 is 0 Å². The third-order valence-corrected chi connectivity index (χ3v) is 5.19. The Balaban J connectivity index is 0.000000201. The van der Waals surface area contributed by atoms with E-state index in [0.29, 0.717) is 11.1 Å². The molecule has 180 valence electrons. The Morgan fingerprint density at radius 3 is 1.28 bits per heavy atom. The zero-order chi connectivity index (χ0) is 26.2. The Morgan fingerprint density at radius 1 is 0.417 bits per heavy atom. The van der Waals surface area contributed by atoms with Gasteiger partial charge >= 0.3 is 23.9 Å². The van der Waals surface area contributed by atoms with Crippen LogP contribution in [0.1, 0.15) is 41.4 Å². The summed E-state index contributed by atoms with van der Waals surface area (Å²) < 4.78 is 0. The molecule has 0 aliphatic heterocycles. The maximum Gasteiger partial charge on any atom is 0.337 e. The van der Waals surface area contributed by atoms with E-state index in [2.05, 4.69) is 0 Å². The highest BCUT2D eigenvalue weighted by molar-refractivity contribution is 6.06. The van der Waals surface area contributed by atoms with Crippen molar-refractivity contribution in [2.24, 2.45) is 0 Å². The van der Waals surface area contributed by atoms with Crippen LogP contribution < -0.4 is 0 Å². The third-order valence-electron chi connectivity index (χ3n) is 5.19. The number of rotatable bonds is 6. The first-order valence-corrected chi connectivity index (χ1v) is 10.5. The SMILES string of the molecule is O=C(O)c1ccc(-c2ccc(C(=O)O)cc2)cc1.O=C(O)c1cccc(-c2ccccc2)c1C(=O)O. The summed E-state index contributed by atoms with van der Waals surface area (Å²) in [6.45, 7) is 0. The first kappa shape index (κ1) is 25.4. The van der Waals surface area contributed by atoms with Crippen LogP contribution in [0, 0.1) is 0 Å². The number of benzene rings is 4. The number of aromatic carboxylic acids is 4. The maximum absolute atomic E-state index is 11.3. The Hall–Kier alpha value is -5.24. The van der Waals surface area contributed by atoms with Crippen LogP contribution in [-0.2, 0) is 0 Å². The summed E-state index contributed by atoms with van der Waals surface area (Å²) in [6, 6.07) is 26.1. The smallest absolute Gasteiger partial charge is 0.337 e. The van der Waals surface area contributed by atoms with E-state index in [1.807, 2.05) is 6.07 Å². The fraction of sp³-hybridized carbons (Fsp3) is 0. The minimum Gasteiger partial charge on any atom is -0.478 e. The molecule has 8 nitrogen and oxygen atoms in total. The lowest BCUT2D eigenvalue weighted by Gasteiger charge is -2.08. The van der Waals surface area contributed by atoms with E-state index in [9.17, 15) is 24.3 Å². The monoisotopic (exact) mass is 484 g/mol. The Kier molecular flexibility index (Phi) is 7.94. The molecule has 0 fully saturated rings. The van der Waals surface area contributed by atoms with E-state index in [-0.39, 0.29) is 22.3 Å². The molecular weight excluding hydrogens is 464 g/mol. The average molecular weight is 484 g/mol. The molecule has 36 heavy (non-hydrogen) atoms. The highest BCUT2D eigenvalue weighted by Gasteiger charge is 2.20. The standard InChI is InChI=1S/2C14H10O4/c15-13(16)11-5-1-9(2-6-11)10-3-7-12(8-4-10)14(17)18;15-13(16)11-8-4-7-10(12(11)14(17)18)9-5-2-1-3-6-9/h2*1-8H,(H,15,16)(H,17,18). The molecule has 0 saturated heterocycles. The quantitative estimate of drug-likeness (QED) is 0.280. The van der Waals surface area contributed by atoms with Crippen LogP contribution in [0.2, 0.25) is 0 Å². The molecule has 0 amide bonds. The van der Waals surface area contributed by atoms with E-state index < -0.39 is 23.9 Å². The summed E-state index contributed by atoms with van der Waals surface area (Å²) in [4.78, 5) is 43.7. The van der Waals surface area contributed by atoms with E-state index in [0.717, 1.165) is 11.1 Å². The van der Waals surface area contributed by atoms with Crippen molar-refractivity contribution in [2.75, 3.05) is 0 Å². The molecule has 0 bridgehead atoms. The van der Waals surface area contributed by atoms with Crippen LogP contribution in [-0.4, -0.2) is 44.3 Å². The highest BCUT2D eigenvalue weighted by atomic mass is 16.4. The van der Waals surface area contributed by atoms with E-state index in [1.165, 1.54) is 36.4 Å². The van der Waals surface area contributed by atoms with Gasteiger partial charge < -0.3 is 20.4 Å². The highest BCUT2D eigenvalue weighted by Crippen LogP contribution is 2.26. The van der Waals surface area contributed by atoms with Crippen molar-refractivity contribution >= 4 is 23.9 Å². The van der Waals surface area contributed by atoms with Gasteiger partial charge in [0.15, 0.2) is 0 Å². The summed E-state index contributed by atoms with van der Waals surface area (Å²) >= 11 is 0. The van der Waals surface area contributed by atoms with Gasteiger partial charge in [-0.3, -0.25) is 0 Å². The fourth-order valence-corrected chi connectivity index (χ4v) is 3.43. The molecule has 4 aromatic carbocycles. The van der Waals surface area contributed by atoms with Crippen molar-refractivity contribution < 1.29 is 39.6 Å². The largest absolute Gasteiger partial charge is 0.478 e. The first-order valence-electron chi connectivity index (χ1n) is 10.5. The molecule has 0 aliphatic rings. The van der Waals surface area contributed by atoms with Crippen molar-refractivity contribution in [1.29, 1.82) is 0 Å². The lowest BCUT2D eigenvalue weighted by molar-refractivity contribution is 0.0652. The lowest BCUT2D eigenvalue weighted by Crippen LogP contribution is -2.09. The molecule has 0 atom stereocenters. The van der Waals surface area contributed by atoms with Crippen LogP contribution in [0.3, 0.4) is 0 Å². The molecule has 0 saturated carbocycles. The molecule has 4 aromatic rings. The molecule has 0 spiro atoms. The van der Waals surface area contributed by atoms with Gasteiger partial charge in [-0.2, -0.15) is 0 Å². The summed E-state index contributed by atoms with van der Waals surface area (Å²) in [5, 5.41) is 35.8. The van der Waals surface area contributed by atoms with Gasteiger partial charge in [0.05, 0.1) is 22.3 Å². The van der Waals surface area contributed by atoms with Crippen molar-refractivity contribution in [3.63, 3.8) is 0 Å². The summed E-state index contributed by atoms with van der Waals surface area (Å²) in [5.41, 5.74) is 2.83. The minimum absolute atomic E-state index is 0.184. The predicted molar refractivity (Wildman–Crippen MR) is 132 cm³/mol. The molecule has 0 heterocycles. The van der Waals surface area contributed by atoms with Gasteiger partial charge in [-0.05, 0) is 52.6 Å². The number of carboxylic acids is 4. The molecule has 8 heteroatoms. The van der Waals surface area contributed by atoms with Crippen molar-refractivity contribution in [3.8, 4) is 22.3 Å². The fourth-order valence-electron chi connectivity index (χ4n) is 3.43. The molecule has 0 radical (unpaired) electrons. The molecule has 4 N–H and O–H groups in total. The second kappa shape index (κ2) is 11.3. The Morgan fingerprint density at radius 2 is 0.889 bits per heavy atom. The van der Waals surface area contributed by atoms with Gasteiger partial charge in [-0.15, -0.1) is 0 Å². The first-order chi connectivity index (χ1) is 17.2. The van der Waals surface area contributed by atoms with E-state index >= 15 is 0 Å². The number of hydrogen-bond acceptors (Lipinski definition) is 4. The molecular formula is C28H20O8. The van der Waals surface area contributed by atoms with Crippen LogP contribution in [0.5, 0.6) is 0 Å². The number of carbonyl (C=O) groups is 4. The molecule has 0 unspecified atom stereocenters. The van der Waals surface area contributed by atoms with Crippen LogP contribution in [0.4, 0.5) is 0 Å². The van der Waals surface area contributed by atoms with Crippen molar-refractivity contribution in [3.05, 3.63) is 119 Å². The van der Waals surface area contributed by atoms with E-state index in [1.54, 1.807) is 54.6 Å². The maximum atomic E-state index is 11.3. The zero-order valence-electron chi connectivity index (χ0n) is 18.7. The Labute approximate surface area is 205 Å². The van der Waals surface area contributed by atoms with E-state index in [4.69, 9.17) is 15.3 Å². The van der Waals surface area contributed by atoms with Gasteiger partial charge in [0.2, 0.25) is 0 Å².